The molecular formula is C11H13F2NO. The molecule has 0 saturated heterocycles. The van der Waals surface area contributed by atoms with Crippen LogP contribution >= 0.6 is 0 Å². The van der Waals surface area contributed by atoms with Crippen LogP contribution in [0.2, 0.25) is 0 Å². The summed E-state index contributed by atoms with van der Waals surface area (Å²) >= 11 is 0. The van der Waals surface area contributed by atoms with E-state index in [0.29, 0.717) is 0 Å². The van der Waals surface area contributed by atoms with Gasteiger partial charge in [-0.1, -0.05) is 6.92 Å². The lowest BCUT2D eigenvalue weighted by Gasteiger charge is -2.11. The summed E-state index contributed by atoms with van der Waals surface area (Å²) in [5.41, 5.74) is 0.134. The van der Waals surface area contributed by atoms with E-state index >= 15 is 0 Å². The minimum atomic E-state index is -1.01. The third-order valence-electron chi connectivity index (χ3n) is 2.17. The van der Waals surface area contributed by atoms with Gasteiger partial charge in [0, 0.05) is 11.6 Å². The maximum atomic E-state index is 12.8. The van der Waals surface area contributed by atoms with Crippen molar-refractivity contribution in [3.8, 4) is 0 Å². The Hall–Kier alpha value is -1.45. The number of carbonyl (C=O) groups is 1. The summed E-state index contributed by atoms with van der Waals surface area (Å²) in [5.74, 6) is -2.34. The molecule has 0 radical (unpaired) electrons. The lowest BCUT2D eigenvalue weighted by atomic mass is 10.2. The highest BCUT2D eigenvalue weighted by Crippen LogP contribution is 2.08. The maximum Gasteiger partial charge on any atom is 0.251 e. The topological polar surface area (TPSA) is 29.1 Å². The fourth-order valence-electron chi connectivity index (χ4n) is 1.05. The van der Waals surface area contributed by atoms with Gasteiger partial charge in [-0.15, -0.1) is 0 Å². The molecule has 0 aliphatic heterocycles. The first kappa shape index (κ1) is 11.6. The van der Waals surface area contributed by atoms with Crippen molar-refractivity contribution in [2.45, 2.75) is 26.3 Å². The lowest BCUT2D eigenvalue weighted by molar-refractivity contribution is 0.0938. The number of benzene rings is 1. The van der Waals surface area contributed by atoms with Crippen LogP contribution in [0.1, 0.15) is 30.6 Å². The Morgan fingerprint density at radius 3 is 2.60 bits per heavy atom. The second-order valence-electron chi connectivity index (χ2n) is 3.41. The van der Waals surface area contributed by atoms with Crippen molar-refractivity contribution < 1.29 is 13.6 Å². The molecule has 1 aromatic rings. The molecule has 0 fully saturated rings. The van der Waals surface area contributed by atoms with Crippen molar-refractivity contribution >= 4 is 5.91 Å². The second-order valence-corrected chi connectivity index (χ2v) is 3.41. The van der Waals surface area contributed by atoms with E-state index in [1.54, 1.807) is 0 Å². The van der Waals surface area contributed by atoms with E-state index in [2.05, 4.69) is 5.32 Å². The zero-order chi connectivity index (χ0) is 11.4. The summed E-state index contributed by atoms with van der Waals surface area (Å²) in [4.78, 5) is 11.5. The summed E-state index contributed by atoms with van der Waals surface area (Å²) < 4.78 is 25.4. The fraction of sp³-hybridized carbons (Fsp3) is 0.364. The minimum Gasteiger partial charge on any atom is -0.350 e. The first-order valence-corrected chi connectivity index (χ1v) is 4.80. The van der Waals surface area contributed by atoms with Gasteiger partial charge in [-0.2, -0.15) is 0 Å². The lowest BCUT2D eigenvalue weighted by Crippen LogP contribution is -2.31. The minimum absolute atomic E-state index is 0.0191. The van der Waals surface area contributed by atoms with Gasteiger partial charge in [-0.3, -0.25) is 4.79 Å². The summed E-state index contributed by atoms with van der Waals surface area (Å²) in [6.07, 6.45) is 0.787. The van der Waals surface area contributed by atoms with Crippen molar-refractivity contribution in [1.29, 1.82) is 0 Å². The number of nitrogens with one attached hydrogen (secondary N) is 1. The van der Waals surface area contributed by atoms with Crippen LogP contribution in [-0.2, 0) is 0 Å². The number of carbonyl (C=O) groups excluding carboxylic acids is 1. The fourth-order valence-corrected chi connectivity index (χ4v) is 1.05. The highest BCUT2D eigenvalue weighted by atomic mass is 19.2. The molecule has 1 atom stereocenters. The molecule has 1 amide bonds. The van der Waals surface area contributed by atoms with E-state index in [0.717, 1.165) is 18.6 Å². The molecule has 0 saturated carbocycles. The van der Waals surface area contributed by atoms with Crippen LogP contribution in [0.5, 0.6) is 0 Å². The van der Waals surface area contributed by atoms with Gasteiger partial charge in [0.1, 0.15) is 0 Å². The molecule has 15 heavy (non-hydrogen) atoms. The molecule has 2 nitrogen and oxygen atoms in total. The van der Waals surface area contributed by atoms with Crippen molar-refractivity contribution in [1.82, 2.24) is 5.32 Å². The van der Waals surface area contributed by atoms with Gasteiger partial charge in [0.15, 0.2) is 11.6 Å². The van der Waals surface area contributed by atoms with Crippen LogP contribution in [0.15, 0.2) is 18.2 Å². The van der Waals surface area contributed by atoms with Crippen LogP contribution in [0, 0.1) is 11.6 Å². The third-order valence-corrected chi connectivity index (χ3v) is 2.17. The zero-order valence-corrected chi connectivity index (χ0v) is 8.68. The van der Waals surface area contributed by atoms with E-state index in [1.165, 1.54) is 6.07 Å². The Morgan fingerprint density at radius 1 is 1.40 bits per heavy atom. The van der Waals surface area contributed by atoms with Crippen LogP contribution in [0.4, 0.5) is 8.78 Å². The molecule has 1 aromatic carbocycles. The largest absolute Gasteiger partial charge is 0.350 e. The molecule has 1 N–H and O–H groups in total. The van der Waals surface area contributed by atoms with Gasteiger partial charge < -0.3 is 5.32 Å². The number of hydrogen-bond acceptors (Lipinski definition) is 1. The number of halogens is 2. The molecule has 82 valence electrons. The molecule has 1 rings (SSSR count). The average molecular weight is 213 g/mol. The van der Waals surface area contributed by atoms with E-state index in [-0.39, 0.29) is 17.5 Å². The van der Waals surface area contributed by atoms with Crippen LogP contribution < -0.4 is 5.32 Å². The highest BCUT2D eigenvalue weighted by molar-refractivity contribution is 5.94. The monoisotopic (exact) mass is 213 g/mol. The van der Waals surface area contributed by atoms with E-state index in [4.69, 9.17) is 0 Å². The molecule has 0 aliphatic rings. The zero-order valence-electron chi connectivity index (χ0n) is 8.68. The third kappa shape index (κ3) is 3.01. The summed E-state index contributed by atoms with van der Waals surface area (Å²) in [5, 5.41) is 2.66. The molecule has 0 spiro atoms. The molecule has 0 unspecified atom stereocenters. The van der Waals surface area contributed by atoms with Crippen LogP contribution in [0.25, 0.3) is 0 Å². The normalized spacial score (nSPS) is 12.3. The van der Waals surface area contributed by atoms with E-state index in [1.807, 2.05) is 13.8 Å². The van der Waals surface area contributed by atoms with Crippen molar-refractivity contribution in [2.75, 3.05) is 0 Å². The van der Waals surface area contributed by atoms with Crippen LogP contribution in [-0.4, -0.2) is 11.9 Å². The van der Waals surface area contributed by atoms with Gasteiger partial charge in [0.05, 0.1) is 0 Å². The van der Waals surface area contributed by atoms with Crippen molar-refractivity contribution in [2.24, 2.45) is 0 Å². The van der Waals surface area contributed by atoms with Gasteiger partial charge in [-0.25, -0.2) is 8.78 Å². The second kappa shape index (κ2) is 4.87. The number of hydrogen-bond donors (Lipinski definition) is 1. The Bertz CT molecular complexity index is 366. The van der Waals surface area contributed by atoms with Crippen LogP contribution in [0.3, 0.4) is 0 Å². The van der Waals surface area contributed by atoms with Gasteiger partial charge in [0.2, 0.25) is 0 Å². The first-order valence-electron chi connectivity index (χ1n) is 4.80. The van der Waals surface area contributed by atoms with Gasteiger partial charge >= 0.3 is 0 Å². The van der Waals surface area contributed by atoms with Gasteiger partial charge in [0.25, 0.3) is 5.91 Å². The molecule has 0 bridgehead atoms. The Labute approximate surface area is 87.3 Å². The Morgan fingerprint density at radius 2 is 2.07 bits per heavy atom. The van der Waals surface area contributed by atoms with Gasteiger partial charge in [-0.05, 0) is 31.5 Å². The van der Waals surface area contributed by atoms with Crippen molar-refractivity contribution in [3.05, 3.63) is 35.4 Å². The quantitative estimate of drug-likeness (QED) is 0.821. The SMILES string of the molecule is CC[C@H](C)NC(=O)c1ccc(F)c(F)c1. The molecular weight excluding hydrogens is 200 g/mol. The highest BCUT2D eigenvalue weighted by Gasteiger charge is 2.10. The number of amides is 1. The summed E-state index contributed by atoms with van der Waals surface area (Å²) in [7, 11) is 0. The first-order chi connectivity index (χ1) is 7.04. The predicted octanol–water partition coefficient (Wildman–Crippen LogP) is 2.49. The average Bonchev–Trinajstić information content (AvgIpc) is 2.21. The summed E-state index contributed by atoms with van der Waals surface area (Å²) in [6.45, 7) is 3.77. The summed E-state index contributed by atoms with van der Waals surface area (Å²) in [6, 6.07) is 3.12. The van der Waals surface area contributed by atoms with E-state index in [9.17, 15) is 13.6 Å². The maximum absolute atomic E-state index is 12.8. The molecule has 0 aliphatic carbocycles. The van der Waals surface area contributed by atoms with Crippen molar-refractivity contribution in [3.63, 3.8) is 0 Å². The standard InChI is InChI=1S/C11H13F2NO/c1-3-7(2)14-11(15)8-4-5-9(12)10(13)6-8/h4-7H,3H2,1-2H3,(H,14,15)/t7-/m0/s1. The smallest absolute Gasteiger partial charge is 0.251 e. The molecule has 0 heterocycles. The Balaban J connectivity index is 2.78. The molecule has 4 heteroatoms. The number of rotatable bonds is 3. The Kier molecular flexibility index (Phi) is 3.77. The van der Waals surface area contributed by atoms with E-state index < -0.39 is 11.6 Å². The predicted molar refractivity (Wildman–Crippen MR) is 53.6 cm³/mol. The molecule has 0 aromatic heterocycles.